The molecule has 1 aliphatic rings. The lowest BCUT2D eigenvalue weighted by Crippen LogP contribution is -2.27. The SMILES string of the molecule is COc1ncc(C2CCNCC2)nn1. The fraction of sp³-hybridized carbons (Fsp3) is 0.667. The zero-order valence-electron chi connectivity index (χ0n) is 8.23. The fourth-order valence-corrected chi connectivity index (χ4v) is 1.67. The Morgan fingerprint density at radius 3 is 2.71 bits per heavy atom. The quantitative estimate of drug-likeness (QED) is 0.736. The summed E-state index contributed by atoms with van der Waals surface area (Å²) in [6, 6.07) is 0.336. The number of nitrogens with one attached hydrogen (secondary N) is 1. The Bertz CT molecular complexity index is 281. The summed E-state index contributed by atoms with van der Waals surface area (Å²) < 4.78 is 4.86. The molecule has 14 heavy (non-hydrogen) atoms. The molecule has 5 nitrogen and oxygen atoms in total. The molecule has 0 amide bonds. The van der Waals surface area contributed by atoms with Crippen LogP contribution in [-0.2, 0) is 0 Å². The number of nitrogens with zero attached hydrogens (tertiary/aromatic N) is 3. The summed E-state index contributed by atoms with van der Waals surface area (Å²) in [6.07, 6.45) is 3.99. The molecule has 0 radical (unpaired) electrons. The van der Waals surface area contributed by atoms with E-state index in [4.69, 9.17) is 4.74 Å². The number of rotatable bonds is 2. The molecule has 5 heteroatoms. The van der Waals surface area contributed by atoms with Gasteiger partial charge < -0.3 is 10.1 Å². The van der Waals surface area contributed by atoms with Gasteiger partial charge in [-0.2, -0.15) is 0 Å². The highest BCUT2D eigenvalue weighted by Gasteiger charge is 2.17. The topological polar surface area (TPSA) is 59.9 Å². The van der Waals surface area contributed by atoms with Gasteiger partial charge in [0.2, 0.25) is 0 Å². The average molecular weight is 194 g/mol. The van der Waals surface area contributed by atoms with E-state index in [1.807, 2.05) is 0 Å². The van der Waals surface area contributed by atoms with Crippen molar-refractivity contribution in [3.8, 4) is 6.01 Å². The molecule has 0 spiro atoms. The zero-order valence-corrected chi connectivity index (χ0v) is 8.23. The summed E-state index contributed by atoms with van der Waals surface area (Å²) in [7, 11) is 1.54. The van der Waals surface area contributed by atoms with Crippen molar-refractivity contribution < 1.29 is 4.74 Å². The second kappa shape index (κ2) is 4.32. The van der Waals surface area contributed by atoms with Gasteiger partial charge in [-0.1, -0.05) is 5.10 Å². The van der Waals surface area contributed by atoms with Gasteiger partial charge in [-0.05, 0) is 25.9 Å². The van der Waals surface area contributed by atoms with E-state index < -0.39 is 0 Å². The second-order valence-corrected chi connectivity index (χ2v) is 3.39. The lowest BCUT2D eigenvalue weighted by Gasteiger charge is -2.21. The third kappa shape index (κ3) is 1.98. The Kier molecular flexibility index (Phi) is 2.88. The van der Waals surface area contributed by atoms with Crippen LogP contribution in [0.1, 0.15) is 24.5 Å². The van der Waals surface area contributed by atoms with Gasteiger partial charge in [0.25, 0.3) is 0 Å². The van der Waals surface area contributed by atoms with Gasteiger partial charge in [-0.15, -0.1) is 5.10 Å². The monoisotopic (exact) mass is 194 g/mol. The molecule has 2 rings (SSSR count). The van der Waals surface area contributed by atoms with Gasteiger partial charge in [0, 0.05) is 5.92 Å². The molecule has 0 atom stereocenters. The van der Waals surface area contributed by atoms with Gasteiger partial charge in [-0.25, -0.2) is 4.98 Å². The van der Waals surface area contributed by atoms with Gasteiger partial charge >= 0.3 is 6.01 Å². The van der Waals surface area contributed by atoms with Crippen molar-refractivity contribution in [2.75, 3.05) is 20.2 Å². The van der Waals surface area contributed by atoms with E-state index in [2.05, 4.69) is 20.5 Å². The molecule has 0 aromatic carbocycles. The Balaban J connectivity index is 2.07. The van der Waals surface area contributed by atoms with Crippen molar-refractivity contribution in [2.45, 2.75) is 18.8 Å². The highest BCUT2D eigenvalue weighted by Crippen LogP contribution is 2.22. The standard InChI is InChI=1S/C9H14N4O/c1-14-9-11-6-8(12-13-9)7-2-4-10-5-3-7/h6-7,10H,2-5H2,1H3. The van der Waals surface area contributed by atoms with Crippen molar-refractivity contribution in [3.05, 3.63) is 11.9 Å². The van der Waals surface area contributed by atoms with E-state index in [1.54, 1.807) is 13.3 Å². The molecule has 1 aromatic heterocycles. The largest absolute Gasteiger partial charge is 0.466 e. The Labute approximate surface area is 82.9 Å². The first-order chi connectivity index (χ1) is 6.90. The summed E-state index contributed by atoms with van der Waals surface area (Å²) in [5, 5.41) is 11.3. The molecule has 1 N–H and O–H groups in total. The first kappa shape index (κ1) is 9.33. The van der Waals surface area contributed by atoms with E-state index in [0.717, 1.165) is 31.6 Å². The lowest BCUT2D eigenvalue weighted by molar-refractivity contribution is 0.368. The van der Waals surface area contributed by atoms with Crippen molar-refractivity contribution in [1.82, 2.24) is 20.5 Å². The Hall–Kier alpha value is -1.23. The lowest BCUT2D eigenvalue weighted by atomic mass is 9.95. The van der Waals surface area contributed by atoms with Gasteiger partial charge in [0.15, 0.2) is 0 Å². The zero-order chi connectivity index (χ0) is 9.80. The van der Waals surface area contributed by atoms with Crippen molar-refractivity contribution in [3.63, 3.8) is 0 Å². The molecule has 1 saturated heterocycles. The van der Waals surface area contributed by atoms with Crippen LogP contribution in [-0.4, -0.2) is 35.4 Å². The van der Waals surface area contributed by atoms with E-state index >= 15 is 0 Å². The van der Waals surface area contributed by atoms with Crippen LogP contribution in [0.3, 0.4) is 0 Å². The molecule has 2 heterocycles. The van der Waals surface area contributed by atoms with Crippen molar-refractivity contribution in [1.29, 1.82) is 0 Å². The number of methoxy groups -OCH3 is 1. The molecular weight excluding hydrogens is 180 g/mol. The van der Waals surface area contributed by atoms with Crippen LogP contribution >= 0.6 is 0 Å². The van der Waals surface area contributed by atoms with Crippen LogP contribution in [0.4, 0.5) is 0 Å². The number of ether oxygens (including phenoxy) is 1. The molecule has 1 aliphatic heterocycles. The highest BCUT2D eigenvalue weighted by molar-refractivity contribution is 5.05. The average Bonchev–Trinajstić information content (AvgIpc) is 2.30. The number of hydrogen-bond donors (Lipinski definition) is 1. The first-order valence-corrected chi connectivity index (χ1v) is 4.84. The fourth-order valence-electron chi connectivity index (χ4n) is 1.67. The van der Waals surface area contributed by atoms with E-state index in [0.29, 0.717) is 11.9 Å². The molecule has 0 saturated carbocycles. The maximum absolute atomic E-state index is 4.86. The normalized spacial score (nSPS) is 18.1. The summed E-state index contributed by atoms with van der Waals surface area (Å²) in [5.41, 5.74) is 0.979. The molecule has 1 aromatic rings. The smallest absolute Gasteiger partial charge is 0.335 e. The van der Waals surface area contributed by atoms with E-state index in [-0.39, 0.29) is 0 Å². The maximum Gasteiger partial charge on any atom is 0.335 e. The van der Waals surface area contributed by atoms with Gasteiger partial charge in [0.1, 0.15) is 0 Å². The van der Waals surface area contributed by atoms with Gasteiger partial charge in [0.05, 0.1) is 19.0 Å². The number of hydrogen-bond acceptors (Lipinski definition) is 5. The van der Waals surface area contributed by atoms with E-state index in [1.165, 1.54) is 0 Å². The third-order valence-corrected chi connectivity index (χ3v) is 2.50. The van der Waals surface area contributed by atoms with Crippen LogP contribution in [0.5, 0.6) is 6.01 Å². The van der Waals surface area contributed by atoms with Crippen LogP contribution < -0.4 is 10.1 Å². The molecule has 0 unspecified atom stereocenters. The number of aromatic nitrogens is 3. The van der Waals surface area contributed by atoms with Crippen molar-refractivity contribution in [2.24, 2.45) is 0 Å². The summed E-state index contributed by atoms with van der Waals surface area (Å²) in [6.45, 7) is 2.11. The molecule has 76 valence electrons. The number of piperidine rings is 1. The molecular formula is C9H14N4O. The summed E-state index contributed by atoms with van der Waals surface area (Å²) in [5.74, 6) is 0.502. The minimum atomic E-state index is 0.336. The van der Waals surface area contributed by atoms with E-state index in [9.17, 15) is 0 Å². The maximum atomic E-state index is 4.86. The molecule has 0 aliphatic carbocycles. The minimum Gasteiger partial charge on any atom is -0.466 e. The third-order valence-electron chi connectivity index (χ3n) is 2.50. The van der Waals surface area contributed by atoms with Crippen LogP contribution in [0.15, 0.2) is 6.20 Å². The predicted octanol–water partition coefficient (Wildman–Crippen LogP) is 0.347. The summed E-state index contributed by atoms with van der Waals surface area (Å²) >= 11 is 0. The van der Waals surface area contributed by atoms with Crippen molar-refractivity contribution >= 4 is 0 Å². The first-order valence-electron chi connectivity index (χ1n) is 4.84. The molecule has 0 bridgehead atoms. The predicted molar refractivity (Wildman–Crippen MR) is 51.2 cm³/mol. The Morgan fingerprint density at radius 2 is 2.14 bits per heavy atom. The highest BCUT2D eigenvalue weighted by atomic mass is 16.5. The van der Waals surface area contributed by atoms with Crippen LogP contribution in [0.25, 0.3) is 0 Å². The summed E-state index contributed by atoms with van der Waals surface area (Å²) in [4.78, 5) is 4.06. The van der Waals surface area contributed by atoms with Crippen LogP contribution in [0, 0.1) is 0 Å². The molecule has 1 fully saturated rings. The Morgan fingerprint density at radius 1 is 1.36 bits per heavy atom. The van der Waals surface area contributed by atoms with Crippen LogP contribution in [0.2, 0.25) is 0 Å². The van der Waals surface area contributed by atoms with Gasteiger partial charge in [-0.3, -0.25) is 0 Å². The minimum absolute atomic E-state index is 0.336. The second-order valence-electron chi connectivity index (χ2n) is 3.39.